The highest BCUT2D eigenvalue weighted by Crippen LogP contribution is 2.25. The SMILES string of the molecule is Cn1c(=O)oc2cc(-c3noc(-c4ccc(C#N)cc4)n3)ccc21. The monoisotopic (exact) mass is 318 g/mol. The second kappa shape index (κ2) is 5.21. The molecule has 0 radical (unpaired) electrons. The highest BCUT2D eigenvalue weighted by Gasteiger charge is 2.13. The lowest BCUT2D eigenvalue weighted by atomic mass is 10.1. The lowest BCUT2D eigenvalue weighted by Crippen LogP contribution is -2.08. The standard InChI is InChI=1S/C17H10N4O3/c1-21-13-7-6-12(8-14(13)23-17(21)22)15-19-16(24-20-15)11-4-2-10(9-18)3-5-11/h2-8H,1H3. The van der Waals surface area contributed by atoms with Crippen molar-refractivity contribution in [1.82, 2.24) is 14.7 Å². The van der Waals surface area contributed by atoms with Crippen LogP contribution in [0.5, 0.6) is 0 Å². The van der Waals surface area contributed by atoms with E-state index < -0.39 is 5.76 Å². The van der Waals surface area contributed by atoms with Crippen LogP contribution in [0.15, 0.2) is 56.2 Å². The minimum absolute atomic E-state index is 0.351. The molecule has 0 aliphatic heterocycles. The van der Waals surface area contributed by atoms with Gasteiger partial charge in [0.2, 0.25) is 5.82 Å². The minimum Gasteiger partial charge on any atom is -0.408 e. The van der Waals surface area contributed by atoms with Gasteiger partial charge in [0.15, 0.2) is 5.58 Å². The van der Waals surface area contributed by atoms with E-state index in [1.807, 2.05) is 0 Å². The van der Waals surface area contributed by atoms with Gasteiger partial charge in [-0.2, -0.15) is 10.2 Å². The van der Waals surface area contributed by atoms with Crippen LogP contribution in [0.3, 0.4) is 0 Å². The smallest absolute Gasteiger partial charge is 0.408 e. The Bertz CT molecular complexity index is 1140. The summed E-state index contributed by atoms with van der Waals surface area (Å²) in [5.74, 6) is 0.320. The molecule has 0 unspecified atom stereocenters. The molecule has 0 spiro atoms. The number of nitrogens with zero attached hydrogens (tertiary/aromatic N) is 4. The van der Waals surface area contributed by atoms with Gasteiger partial charge in [0.1, 0.15) is 0 Å². The Balaban J connectivity index is 1.74. The van der Waals surface area contributed by atoms with Crippen molar-refractivity contribution < 1.29 is 8.94 Å². The molecule has 0 fully saturated rings. The van der Waals surface area contributed by atoms with Crippen LogP contribution in [-0.4, -0.2) is 14.7 Å². The van der Waals surface area contributed by atoms with Crippen molar-refractivity contribution in [2.45, 2.75) is 0 Å². The fourth-order valence-corrected chi connectivity index (χ4v) is 2.42. The number of hydrogen-bond acceptors (Lipinski definition) is 6. The zero-order valence-electron chi connectivity index (χ0n) is 12.6. The van der Waals surface area contributed by atoms with Gasteiger partial charge in [0.25, 0.3) is 5.89 Å². The van der Waals surface area contributed by atoms with E-state index in [0.29, 0.717) is 33.9 Å². The van der Waals surface area contributed by atoms with Crippen LogP contribution < -0.4 is 5.76 Å². The van der Waals surface area contributed by atoms with E-state index in [1.54, 1.807) is 49.5 Å². The molecule has 0 N–H and O–H groups in total. The highest BCUT2D eigenvalue weighted by atomic mass is 16.5. The summed E-state index contributed by atoms with van der Waals surface area (Å²) in [7, 11) is 1.64. The fourth-order valence-electron chi connectivity index (χ4n) is 2.42. The zero-order valence-corrected chi connectivity index (χ0v) is 12.6. The molecule has 4 aromatic rings. The molecule has 0 aliphatic carbocycles. The third kappa shape index (κ3) is 2.18. The van der Waals surface area contributed by atoms with E-state index in [1.165, 1.54) is 4.57 Å². The van der Waals surface area contributed by atoms with Crippen LogP contribution in [-0.2, 0) is 7.05 Å². The Labute approximate surface area is 135 Å². The molecule has 0 bridgehead atoms. The van der Waals surface area contributed by atoms with Gasteiger partial charge in [-0.25, -0.2) is 4.79 Å². The molecule has 0 saturated carbocycles. The number of oxazole rings is 1. The summed E-state index contributed by atoms with van der Waals surface area (Å²) < 4.78 is 11.9. The molecule has 116 valence electrons. The predicted molar refractivity (Wildman–Crippen MR) is 84.9 cm³/mol. The molecule has 2 aromatic carbocycles. The van der Waals surface area contributed by atoms with Crippen molar-refractivity contribution in [2.75, 3.05) is 0 Å². The van der Waals surface area contributed by atoms with Crippen LogP contribution in [0.25, 0.3) is 33.9 Å². The number of fused-ring (bicyclic) bond motifs is 1. The molecular weight excluding hydrogens is 308 g/mol. The van der Waals surface area contributed by atoms with E-state index >= 15 is 0 Å². The van der Waals surface area contributed by atoms with Gasteiger partial charge in [-0.1, -0.05) is 5.16 Å². The number of aryl methyl sites for hydroxylation is 1. The van der Waals surface area contributed by atoms with E-state index in [4.69, 9.17) is 14.2 Å². The third-order valence-electron chi connectivity index (χ3n) is 3.74. The first-order valence-corrected chi connectivity index (χ1v) is 7.10. The second-order valence-electron chi connectivity index (χ2n) is 5.22. The molecule has 24 heavy (non-hydrogen) atoms. The topological polar surface area (TPSA) is 97.9 Å². The quantitative estimate of drug-likeness (QED) is 0.563. The van der Waals surface area contributed by atoms with Crippen LogP contribution >= 0.6 is 0 Å². The van der Waals surface area contributed by atoms with Crippen molar-refractivity contribution >= 4 is 11.1 Å². The number of benzene rings is 2. The number of hydrogen-bond donors (Lipinski definition) is 0. The second-order valence-corrected chi connectivity index (χ2v) is 5.22. The van der Waals surface area contributed by atoms with Crippen LogP contribution in [0.1, 0.15) is 5.56 Å². The van der Waals surface area contributed by atoms with Crippen LogP contribution in [0.2, 0.25) is 0 Å². The molecule has 2 aromatic heterocycles. The van der Waals surface area contributed by atoms with E-state index in [9.17, 15) is 4.79 Å². The van der Waals surface area contributed by atoms with E-state index in [0.717, 1.165) is 5.56 Å². The van der Waals surface area contributed by atoms with Crippen LogP contribution in [0.4, 0.5) is 0 Å². The van der Waals surface area contributed by atoms with Crippen molar-refractivity contribution in [2.24, 2.45) is 7.05 Å². The summed E-state index contributed by atoms with van der Waals surface area (Å²) in [5.41, 5.74) is 3.12. The molecule has 4 rings (SSSR count). The summed E-state index contributed by atoms with van der Waals surface area (Å²) in [6.45, 7) is 0. The minimum atomic E-state index is -0.423. The Morgan fingerprint density at radius 1 is 1.12 bits per heavy atom. The van der Waals surface area contributed by atoms with Gasteiger partial charge in [0, 0.05) is 18.2 Å². The van der Waals surface area contributed by atoms with Gasteiger partial charge in [-0.15, -0.1) is 0 Å². The van der Waals surface area contributed by atoms with Crippen molar-refractivity contribution in [1.29, 1.82) is 5.26 Å². The summed E-state index contributed by atoms with van der Waals surface area (Å²) in [5, 5.41) is 12.8. The predicted octanol–water partition coefficient (Wildman–Crippen LogP) is 2.72. The number of aromatic nitrogens is 3. The van der Waals surface area contributed by atoms with Crippen molar-refractivity contribution in [3.63, 3.8) is 0 Å². The molecular formula is C17H10N4O3. The normalized spacial score (nSPS) is 10.8. The Morgan fingerprint density at radius 3 is 2.62 bits per heavy atom. The molecule has 0 saturated heterocycles. The first kappa shape index (κ1) is 14.0. The molecule has 0 amide bonds. The maximum atomic E-state index is 11.6. The molecule has 0 atom stereocenters. The van der Waals surface area contributed by atoms with Gasteiger partial charge in [-0.05, 0) is 42.5 Å². The van der Waals surface area contributed by atoms with Crippen molar-refractivity contribution in [3.05, 3.63) is 58.6 Å². The number of nitriles is 1. The lowest BCUT2D eigenvalue weighted by Gasteiger charge is -1.95. The van der Waals surface area contributed by atoms with E-state index in [2.05, 4.69) is 16.2 Å². The Hall–Kier alpha value is -3.66. The molecule has 7 heteroatoms. The van der Waals surface area contributed by atoms with E-state index in [-0.39, 0.29) is 0 Å². The van der Waals surface area contributed by atoms with Gasteiger partial charge >= 0.3 is 5.76 Å². The summed E-state index contributed by atoms with van der Waals surface area (Å²) in [4.78, 5) is 15.9. The van der Waals surface area contributed by atoms with Gasteiger partial charge in [0.05, 0.1) is 17.1 Å². The fraction of sp³-hybridized carbons (Fsp3) is 0.0588. The average molecular weight is 318 g/mol. The summed E-state index contributed by atoms with van der Waals surface area (Å²) >= 11 is 0. The first-order valence-electron chi connectivity index (χ1n) is 7.10. The average Bonchev–Trinajstić information content (AvgIpc) is 3.20. The maximum Gasteiger partial charge on any atom is 0.419 e. The van der Waals surface area contributed by atoms with Crippen LogP contribution in [0, 0.1) is 11.3 Å². The largest absolute Gasteiger partial charge is 0.419 e. The van der Waals surface area contributed by atoms with Gasteiger partial charge in [-0.3, -0.25) is 4.57 Å². The van der Waals surface area contributed by atoms with Crippen molar-refractivity contribution in [3.8, 4) is 28.9 Å². The zero-order chi connectivity index (χ0) is 16.7. The summed E-state index contributed by atoms with van der Waals surface area (Å²) in [6.07, 6.45) is 0. The lowest BCUT2D eigenvalue weighted by molar-refractivity contribution is 0.432. The third-order valence-corrected chi connectivity index (χ3v) is 3.74. The Morgan fingerprint density at radius 2 is 1.88 bits per heavy atom. The maximum absolute atomic E-state index is 11.6. The molecule has 2 heterocycles. The summed E-state index contributed by atoms with van der Waals surface area (Å²) in [6, 6.07) is 14.2. The first-order chi connectivity index (χ1) is 11.7. The van der Waals surface area contributed by atoms with Gasteiger partial charge < -0.3 is 8.94 Å². The number of rotatable bonds is 2. The highest BCUT2D eigenvalue weighted by molar-refractivity contribution is 5.78. The molecule has 0 aliphatic rings. The Kier molecular flexibility index (Phi) is 3.03. The molecule has 7 nitrogen and oxygen atoms in total.